The molecule has 0 aromatic heterocycles. The van der Waals surface area contributed by atoms with Crippen LogP contribution in [0.3, 0.4) is 0 Å². The van der Waals surface area contributed by atoms with Crippen molar-refractivity contribution in [3.63, 3.8) is 0 Å². The third-order valence-electron chi connectivity index (χ3n) is 5.83. The first-order valence-corrected chi connectivity index (χ1v) is 10.7. The lowest BCUT2D eigenvalue weighted by atomic mass is 10.00. The lowest BCUT2D eigenvalue weighted by Gasteiger charge is -2.31. The lowest BCUT2D eigenvalue weighted by Crippen LogP contribution is -2.31. The van der Waals surface area contributed by atoms with Crippen LogP contribution in [-0.4, -0.2) is 36.5 Å². The first kappa shape index (κ1) is 20.2. The molecule has 0 N–H and O–H groups in total. The van der Waals surface area contributed by atoms with Crippen molar-refractivity contribution >= 4 is 28.9 Å². The Morgan fingerprint density at radius 3 is 2.72 bits per heavy atom. The van der Waals surface area contributed by atoms with Crippen LogP contribution in [0, 0.1) is 5.82 Å². The summed E-state index contributed by atoms with van der Waals surface area (Å²) in [6, 6.07) is 10.3. The van der Waals surface area contributed by atoms with E-state index in [9.17, 15) is 9.18 Å². The minimum Gasteiger partial charge on any atom is -0.493 e. The van der Waals surface area contributed by atoms with Crippen LogP contribution in [0.5, 0.6) is 5.75 Å². The van der Waals surface area contributed by atoms with Gasteiger partial charge < -0.3 is 9.64 Å². The minimum atomic E-state index is -0.336. The summed E-state index contributed by atoms with van der Waals surface area (Å²) in [5.41, 5.74) is 2.27. The average Bonchev–Trinajstić information content (AvgIpc) is 3.11. The molecule has 4 nitrogen and oxygen atoms in total. The van der Waals surface area contributed by atoms with E-state index in [2.05, 4.69) is 11.8 Å². The SMILES string of the molecule is C[C@@H]1CCCN1CCCOc1cc(Cl)c2c(c1)CCC(=O)N2c1ccc(F)cc1. The molecule has 2 aliphatic heterocycles. The second-order valence-corrected chi connectivity index (χ2v) is 8.25. The maximum absolute atomic E-state index is 13.3. The summed E-state index contributed by atoms with van der Waals surface area (Å²) in [7, 11) is 0. The second kappa shape index (κ2) is 8.72. The van der Waals surface area contributed by atoms with Crippen LogP contribution in [0.4, 0.5) is 15.8 Å². The zero-order chi connectivity index (χ0) is 20.4. The van der Waals surface area contributed by atoms with Gasteiger partial charge in [0.1, 0.15) is 11.6 Å². The maximum atomic E-state index is 13.3. The topological polar surface area (TPSA) is 32.8 Å². The molecule has 1 atom stereocenters. The summed E-state index contributed by atoms with van der Waals surface area (Å²) in [4.78, 5) is 16.7. The van der Waals surface area contributed by atoms with E-state index in [0.29, 0.717) is 41.9 Å². The van der Waals surface area contributed by atoms with E-state index >= 15 is 0 Å². The van der Waals surface area contributed by atoms with Gasteiger partial charge >= 0.3 is 0 Å². The van der Waals surface area contributed by atoms with E-state index in [1.165, 1.54) is 31.5 Å². The molecule has 0 spiro atoms. The fraction of sp³-hybridized carbons (Fsp3) is 0.435. The summed E-state index contributed by atoms with van der Waals surface area (Å²) < 4.78 is 19.3. The van der Waals surface area contributed by atoms with Gasteiger partial charge in [-0.1, -0.05) is 11.6 Å². The number of likely N-dealkylation sites (tertiary alicyclic amines) is 1. The van der Waals surface area contributed by atoms with Gasteiger partial charge in [-0.2, -0.15) is 0 Å². The van der Waals surface area contributed by atoms with Crippen LogP contribution in [0.15, 0.2) is 36.4 Å². The van der Waals surface area contributed by atoms with Crippen molar-refractivity contribution in [2.24, 2.45) is 0 Å². The monoisotopic (exact) mass is 416 g/mol. The largest absolute Gasteiger partial charge is 0.493 e. The van der Waals surface area contributed by atoms with E-state index in [4.69, 9.17) is 16.3 Å². The van der Waals surface area contributed by atoms with Crippen LogP contribution < -0.4 is 9.64 Å². The molecule has 6 heteroatoms. The van der Waals surface area contributed by atoms with Crippen molar-refractivity contribution in [1.82, 2.24) is 4.90 Å². The molecular formula is C23H26ClFN2O2. The van der Waals surface area contributed by atoms with E-state index in [1.54, 1.807) is 23.1 Å². The van der Waals surface area contributed by atoms with Crippen LogP contribution in [0.2, 0.25) is 5.02 Å². The number of amides is 1. The van der Waals surface area contributed by atoms with Crippen molar-refractivity contribution in [2.75, 3.05) is 24.6 Å². The number of hydrogen-bond donors (Lipinski definition) is 0. The predicted octanol–water partition coefficient (Wildman–Crippen LogP) is 5.34. The molecule has 2 aromatic carbocycles. The van der Waals surface area contributed by atoms with Crippen molar-refractivity contribution in [3.05, 3.63) is 52.8 Å². The number of carbonyl (C=O) groups is 1. The Hall–Kier alpha value is -2.11. The molecule has 1 fully saturated rings. The molecule has 2 aliphatic rings. The zero-order valence-corrected chi connectivity index (χ0v) is 17.4. The normalized spacial score (nSPS) is 19.5. The highest BCUT2D eigenvalue weighted by atomic mass is 35.5. The van der Waals surface area contributed by atoms with Gasteiger partial charge in [0.15, 0.2) is 0 Å². The number of fused-ring (bicyclic) bond motifs is 1. The summed E-state index contributed by atoms with van der Waals surface area (Å²) >= 11 is 6.57. The van der Waals surface area contributed by atoms with Gasteiger partial charge in [0.25, 0.3) is 0 Å². The third kappa shape index (κ3) is 4.41. The van der Waals surface area contributed by atoms with E-state index in [1.807, 2.05) is 6.07 Å². The Kier molecular flexibility index (Phi) is 6.07. The summed E-state index contributed by atoms with van der Waals surface area (Å²) in [6.07, 6.45) is 4.54. The first-order chi connectivity index (χ1) is 14.0. The number of nitrogens with zero attached hydrogens (tertiary/aromatic N) is 2. The van der Waals surface area contributed by atoms with Crippen LogP contribution in [-0.2, 0) is 11.2 Å². The number of carbonyl (C=O) groups excluding carboxylic acids is 1. The smallest absolute Gasteiger partial charge is 0.231 e. The van der Waals surface area contributed by atoms with E-state index in [0.717, 1.165) is 24.3 Å². The van der Waals surface area contributed by atoms with E-state index in [-0.39, 0.29) is 11.7 Å². The second-order valence-electron chi connectivity index (χ2n) is 7.85. The molecule has 0 radical (unpaired) electrons. The van der Waals surface area contributed by atoms with Gasteiger partial charge in [0.05, 0.1) is 17.3 Å². The predicted molar refractivity (Wildman–Crippen MR) is 114 cm³/mol. The molecule has 4 rings (SSSR count). The number of ether oxygens (including phenoxy) is 1. The third-order valence-corrected chi connectivity index (χ3v) is 6.12. The van der Waals surface area contributed by atoms with Gasteiger partial charge in [-0.05, 0) is 75.0 Å². The molecule has 2 heterocycles. The quantitative estimate of drug-likeness (QED) is 0.595. The zero-order valence-electron chi connectivity index (χ0n) is 16.7. The van der Waals surface area contributed by atoms with Crippen molar-refractivity contribution in [2.45, 2.75) is 45.1 Å². The number of hydrogen-bond acceptors (Lipinski definition) is 3. The lowest BCUT2D eigenvalue weighted by molar-refractivity contribution is -0.118. The molecule has 154 valence electrons. The molecule has 0 unspecified atom stereocenters. The van der Waals surface area contributed by atoms with Crippen LogP contribution >= 0.6 is 11.6 Å². The molecule has 1 amide bonds. The molecular weight excluding hydrogens is 391 g/mol. The van der Waals surface area contributed by atoms with Crippen molar-refractivity contribution < 1.29 is 13.9 Å². The highest BCUT2D eigenvalue weighted by Gasteiger charge is 2.28. The number of benzene rings is 2. The van der Waals surface area contributed by atoms with Crippen LogP contribution in [0.1, 0.15) is 38.2 Å². The van der Waals surface area contributed by atoms with Gasteiger partial charge in [-0.3, -0.25) is 9.69 Å². The Morgan fingerprint density at radius 1 is 1.21 bits per heavy atom. The van der Waals surface area contributed by atoms with Crippen molar-refractivity contribution in [3.8, 4) is 5.75 Å². The highest BCUT2D eigenvalue weighted by Crippen LogP contribution is 2.41. The van der Waals surface area contributed by atoms with Crippen molar-refractivity contribution in [1.29, 1.82) is 0 Å². The Balaban J connectivity index is 1.47. The van der Waals surface area contributed by atoms with Crippen LogP contribution in [0.25, 0.3) is 0 Å². The Morgan fingerprint density at radius 2 is 2.00 bits per heavy atom. The molecule has 2 aromatic rings. The first-order valence-electron chi connectivity index (χ1n) is 10.3. The summed E-state index contributed by atoms with van der Waals surface area (Å²) in [6.45, 7) is 5.15. The van der Waals surface area contributed by atoms with Gasteiger partial charge in [0, 0.05) is 30.8 Å². The number of anilines is 2. The number of halogens is 2. The summed E-state index contributed by atoms with van der Waals surface area (Å²) in [5.74, 6) is 0.354. The fourth-order valence-corrected chi connectivity index (χ4v) is 4.59. The Labute approximate surface area is 176 Å². The molecule has 29 heavy (non-hydrogen) atoms. The van der Waals surface area contributed by atoms with Gasteiger partial charge in [-0.25, -0.2) is 4.39 Å². The average molecular weight is 417 g/mol. The van der Waals surface area contributed by atoms with Gasteiger partial charge in [-0.15, -0.1) is 0 Å². The van der Waals surface area contributed by atoms with Gasteiger partial charge in [0.2, 0.25) is 5.91 Å². The molecule has 0 aliphatic carbocycles. The molecule has 0 bridgehead atoms. The molecule has 0 saturated carbocycles. The molecule has 1 saturated heterocycles. The minimum absolute atomic E-state index is 0.0422. The maximum Gasteiger partial charge on any atom is 0.231 e. The number of rotatable bonds is 6. The summed E-state index contributed by atoms with van der Waals surface area (Å²) in [5, 5.41) is 0.475. The fourth-order valence-electron chi connectivity index (χ4n) is 4.28. The highest BCUT2D eigenvalue weighted by molar-refractivity contribution is 6.34. The number of aryl methyl sites for hydroxylation is 1. The Bertz CT molecular complexity index is 887. The van der Waals surface area contributed by atoms with E-state index < -0.39 is 0 Å². The standard InChI is InChI=1S/C23H26ClFN2O2/c1-16-4-2-11-26(16)12-3-13-29-20-14-17-5-10-22(28)27(23(17)21(24)15-20)19-8-6-18(25)7-9-19/h6-9,14-16H,2-5,10-13H2,1H3/t16-/m1/s1.